The van der Waals surface area contributed by atoms with E-state index in [0.717, 1.165) is 51.0 Å². The zero-order chi connectivity index (χ0) is 20.1. The molecular formula is C23H31N3O2S. The van der Waals surface area contributed by atoms with Crippen LogP contribution in [0.5, 0.6) is 0 Å². The molecule has 0 bridgehead atoms. The first-order valence-corrected chi connectivity index (χ1v) is 12.1. The number of piperidine rings is 1. The van der Waals surface area contributed by atoms with E-state index in [0.29, 0.717) is 11.7 Å². The fourth-order valence-corrected chi connectivity index (χ4v) is 5.05. The summed E-state index contributed by atoms with van der Waals surface area (Å²) in [5.41, 5.74) is 2.27. The summed E-state index contributed by atoms with van der Waals surface area (Å²) in [5.74, 6) is 0.569. The van der Waals surface area contributed by atoms with Gasteiger partial charge in [-0.1, -0.05) is 36.6 Å². The molecule has 4 rings (SSSR count). The molecule has 5 nitrogen and oxygen atoms in total. The molecule has 1 aromatic carbocycles. The van der Waals surface area contributed by atoms with Crippen LogP contribution in [0.25, 0.3) is 0 Å². The van der Waals surface area contributed by atoms with Gasteiger partial charge >= 0.3 is 0 Å². The van der Waals surface area contributed by atoms with Gasteiger partial charge in [-0.25, -0.2) is 0 Å². The Morgan fingerprint density at radius 3 is 2.90 bits per heavy atom. The Balaban J connectivity index is 1.35. The van der Waals surface area contributed by atoms with Crippen LogP contribution in [0.2, 0.25) is 0 Å². The lowest BCUT2D eigenvalue weighted by Crippen LogP contribution is -2.36. The minimum atomic E-state index is -0.114. The second-order valence-corrected chi connectivity index (χ2v) is 9.23. The monoisotopic (exact) mass is 413 g/mol. The molecule has 0 radical (unpaired) electrons. The number of amides is 1. The van der Waals surface area contributed by atoms with Crippen LogP contribution >= 0.6 is 11.8 Å². The van der Waals surface area contributed by atoms with Crippen LogP contribution < -0.4 is 5.32 Å². The highest BCUT2D eigenvalue weighted by Gasteiger charge is 2.26. The van der Waals surface area contributed by atoms with E-state index in [1.807, 2.05) is 6.07 Å². The maximum atomic E-state index is 12.5. The van der Waals surface area contributed by atoms with E-state index in [-0.39, 0.29) is 11.9 Å². The van der Waals surface area contributed by atoms with Gasteiger partial charge in [0.1, 0.15) is 0 Å². The van der Waals surface area contributed by atoms with E-state index in [1.54, 1.807) is 11.8 Å². The number of thioether (sulfide) groups is 1. The Labute approximate surface area is 177 Å². The summed E-state index contributed by atoms with van der Waals surface area (Å²) >= 11 is 1.78. The van der Waals surface area contributed by atoms with Gasteiger partial charge < -0.3 is 9.84 Å². The molecule has 1 saturated carbocycles. The molecule has 0 unspecified atom stereocenters. The number of nitrogens with zero attached hydrogens (tertiary/aromatic N) is 2. The molecule has 29 heavy (non-hydrogen) atoms. The summed E-state index contributed by atoms with van der Waals surface area (Å²) in [6, 6.07) is 10.9. The Bertz CT molecular complexity index is 816. The van der Waals surface area contributed by atoms with Gasteiger partial charge in [0.05, 0.1) is 5.69 Å². The van der Waals surface area contributed by atoms with E-state index < -0.39 is 0 Å². The van der Waals surface area contributed by atoms with E-state index in [9.17, 15) is 4.79 Å². The Morgan fingerprint density at radius 1 is 1.21 bits per heavy atom. The van der Waals surface area contributed by atoms with Crippen LogP contribution in [0.3, 0.4) is 0 Å². The minimum absolute atomic E-state index is 0.114. The Morgan fingerprint density at radius 2 is 2.07 bits per heavy atom. The topological polar surface area (TPSA) is 58.4 Å². The lowest BCUT2D eigenvalue weighted by Gasteiger charge is -2.31. The van der Waals surface area contributed by atoms with Gasteiger partial charge in [-0.05, 0) is 56.2 Å². The molecule has 1 atom stereocenters. The maximum Gasteiger partial charge on any atom is 0.290 e. The van der Waals surface area contributed by atoms with Crippen molar-refractivity contribution in [1.82, 2.24) is 15.4 Å². The van der Waals surface area contributed by atoms with Gasteiger partial charge in [0.15, 0.2) is 0 Å². The van der Waals surface area contributed by atoms with Gasteiger partial charge in [-0.3, -0.25) is 9.69 Å². The second-order valence-electron chi connectivity index (χ2n) is 8.35. The van der Waals surface area contributed by atoms with Gasteiger partial charge in [0.25, 0.3) is 5.91 Å². The maximum absolute atomic E-state index is 12.5. The summed E-state index contributed by atoms with van der Waals surface area (Å²) in [4.78, 5) is 16.3. The lowest BCUT2D eigenvalue weighted by molar-refractivity contribution is 0.0890. The average molecular weight is 414 g/mol. The number of likely N-dealkylation sites (tertiary alicyclic amines) is 1. The number of aromatic nitrogens is 1. The highest BCUT2D eigenvalue weighted by molar-refractivity contribution is 7.98. The van der Waals surface area contributed by atoms with Crippen molar-refractivity contribution in [3.63, 3.8) is 0 Å². The highest BCUT2D eigenvalue weighted by atomic mass is 32.2. The first-order chi connectivity index (χ1) is 14.2. The quantitative estimate of drug-likeness (QED) is 0.687. The number of carbonyl (C=O) groups is 1. The minimum Gasteiger partial charge on any atom is -0.351 e. The molecule has 1 aliphatic carbocycles. The molecular weight excluding hydrogens is 382 g/mol. The first-order valence-electron chi connectivity index (χ1n) is 10.8. The highest BCUT2D eigenvalue weighted by Crippen LogP contribution is 2.28. The fraction of sp³-hybridized carbons (Fsp3) is 0.565. The number of hydrogen-bond acceptors (Lipinski definition) is 5. The fourth-order valence-electron chi connectivity index (χ4n) is 4.56. The first kappa shape index (κ1) is 20.5. The molecule has 2 aromatic rings. The van der Waals surface area contributed by atoms with E-state index in [2.05, 4.69) is 45.9 Å². The molecule has 1 saturated heterocycles. The normalized spacial score (nSPS) is 21.2. The number of nitrogens with one attached hydrogen (secondary N) is 1. The zero-order valence-electron chi connectivity index (χ0n) is 17.2. The molecule has 0 spiro atoms. The molecule has 1 amide bonds. The van der Waals surface area contributed by atoms with Gasteiger partial charge in [0, 0.05) is 36.0 Å². The van der Waals surface area contributed by atoms with Crippen LogP contribution in [0.15, 0.2) is 39.8 Å². The van der Waals surface area contributed by atoms with E-state index in [4.69, 9.17) is 4.52 Å². The van der Waals surface area contributed by atoms with Gasteiger partial charge in [-0.15, -0.1) is 11.8 Å². The molecule has 156 valence electrons. The SMILES string of the molecule is CSc1cccc(CN2CCC[C@@H](c3cc(C(=O)NC4CCCCC4)on3)C2)c1. The Kier molecular flexibility index (Phi) is 6.93. The molecule has 2 fully saturated rings. The molecule has 2 heterocycles. The van der Waals surface area contributed by atoms with Crippen LogP contribution in [0, 0.1) is 0 Å². The molecule has 1 aliphatic heterocycles. The second kappa shape index (κ2) is 9.81. The number of benzene rings is 1. The number of hydrogen-bond donors (Lipinski definition) is 1. The molecule has 6 heteroatoms. The predicted molar refractivity (Wildman–Crippen MR) is 116 cm³/mol. The standard InChI is InChI=1S/C23H31N3O2S/c1-29-20-11-5-7-17(13-20)15-26-12-6-8-18(16-26)21-14-22(28-25-21)23(27)24-19-9-3-2-4-10-19/h5,7,11,13-14,18-19H,2-4,6,8-10,12,15-16H2,1H3,(H,24,27)/t18-/m1/s1. The van der Waals surface area contributed by atoms with E-state index in [1.165, 1.54) is 29.7 Å². The van der Waals surface area contributed by atoms with Crippen LogP contribution in [0.1, 0.15) is 72.7 Å². The molecule has 2 aliphatic rings. The van der Waals surface area contributed by atoms with Crippen molar-refractivity contribution in [3.8, 4) is 0 Å². The van der Waals surface area contributed by atoms with Crippen molar-refractivity contribution in [2.24, 2.45) is 0 Å². The van der Waals surface area contributed by atoms with Crippen molar-refractivity contribution in [1.29, 1.82) is 0 Å². The van der Waals surface area contributed by atoms with Crippen LogP contribution in [-0.2, 0) is 6.54 Å². The third-order valence-electron chi connectivity index (χ3n) is 6.16. The van der Waals surface area contributed by atoms with Crippen molar-refractivity contribution < 1.29 is 9.32 Å². The van der Waals surface area contributed by atoms with Gasteiger partial charge in [0.2, 0.25) is 5.76 Å². The third-order valence-corrected chi connectivity index (χ3v) is 6.88. The van der Waals surface area contributed by atoms with Crippen molar-refractivity contribution >= 4 is 17.7 Å². The summed E-state index contributed by atoms with van der Waals surface area (Å²) in [5, 5.41) is 7.38. The predicted octanol–water partition coefficient (Wildman–Crippen LogP) is 4.84. The summed E-state index contributed by atoms with van der Waals surface area (Å²) in [6.07, 6.45) is 10.2. The average Bonchev–Trinajstić information content (AvgIpc) is 3.25. The van der Waals surface area contributed by atoms with Gasteiger partial charge in [-0.2, -0.15) is 0 Å². The van der Waals surface area contributed by atoms with Crippen molar-refractivity contribution in [2.75, 3.05) is 19.3 Å². The summed E-state index contributed by atoms with van der Waals surface area (Å²) < 4.78 is 5.42. The molecule has 1 N–H and O–H groups in total. The zero-order valence-corrected chi connectivity index (χ0v) is 18.0. The smallest absolute Gasteiger partial charge is 0.290 e. The largest absolute Gasteiger partial charge is 0.351 e. The Hall–Kier alpha value is -1.79. The van der Waals surface area contributed by atoms with Crippen LogP contribution in [0.4, 0.5) is 0 Å². The number of rotatable bonds is 6. The van der Waals surface area contributed by atoms with E-state index >= 15 is 0 Å². The van der Waals surface area contributed by atoms with Crippen molar-refractivity contribution in [3.05, 3.63) is 47.3 Å². The molecule has 1 aromatic heterocycles. The summed E-state index contributed by atoms with van der Waals surface area (Å²) in [7, 11) is 0. The van der Waals surface area contributed by atoms with Crippen molar-refractivity contribution in [2.45, 2.75) is 68.3 Å². The van der Waals surface area contributed by atoms with Crippen LogP contribution in [-0.4, -0.2) is 41.4 Å². The lowest BCUT2D eigenvalue weighted by atomic mass is 9.94. The number of carbonyl (C=O) groups excluding carboxylic acids is 1. The third kappa shape index (κ3) is 5.43. The summed E-state index contributed by atoms with van der Waals surface area (Å²) in [6.45, 7) is 3.02.